The van der Waals surface area contributed by atoms with Crippen molar-refractivity contribution in [3.63, 3.8) is 0 Å². The number of aromatic amines is 1. The Morgan fingerprint density at radius 2 is 2.06 bits per heavy atom. The Labute approximate surface area is 187 Å². The Kier molecular flexibility index (Phi) is 4.94. The first-order valence-corrected chi connectivity index (χ1v) is 10.6. The Balaban J connectivity index is 1.39. The summed E-state index contributed by atoms with van der Waals surface area (Å²) in [5.74, 6) is 0.880. The van der Waals surface area contributed by atoms with E-state index in [1.165, 1.54) is 11.5 Å². The van der Waals surface area contributed by atoms with E-state index in [9.17, 15) is 13.6 Å². The molecular weight excluding hydrogens is 432 g/mol. The third-order valence-electron chi connectivity index (χ3n) is 5.88. The van der Waals surface area contributed by atoms with Crippen LogP contribution >= 0.6 is 0 Å². The highest BCUT2D eigenvalue weighted by Gasteiger charge is 2.41. The molecule has 10 nitrogen and oxygen atoms in total. The normalized spacial score (nSPS) is 20.4. The molecule has 0 radical (unpaired) electrons. The minimum atomic E-state index is -2.52. The molecule has 1 amide bonds. The van der Waals surface area contributed by atoms with E-state index in [0.29, 0.717) is 34.4 Å². The first-order valence-electron chi connectivity index (χ1n) is 10.6. The maximum Gasteiger partial charge on any atom is 0.256 e. The zero-order valence-electron chi connectivity index (χ0n) is 18.4. The number of nitrogens with one attached hydrogen (secondary N) is 3. The average molecular weight is 455 g/mol. The molecule has 0 saturated heterocycles. The second-order valence-corrected chi connectivity index (χ2v) is 8.71. The fourth-order valence-electron chi connectivity index (χ4n) is 4.51. The lowest BCUT2D eigenvalue weighted by Crippen LogP contribution is -2.59. The highest BCUT2D eigenvalue weighted by Crippen LogP contribution is 2.34. The molecule has 1 aliphatic rings. The monoisotopic (exact) mass is 455 g/mol. The van der Waals surface area contributed by atoms with Crippen LogP contribution in [-0.4, -0.2) is 58.4 Å². The average Bonchev–Trinajstić information content (AvgIpc) is 3.26. The molecule has 1 fully saturated rings. The lowest BCUT2D eigenvalue weighted by atomic mass is 9.74. The molecule has 33 heavy (non-hydrogen) atoms. The van der Waals surface area contributed by atoms with E-state index < -0.39 is 13.0 Å². The molecule has 0 spiro atoms. The van der Waals surface area contributed by atoms with Gasteiger partial charge in [-0.2, -0.15) is 4.98 Å². The highest BCUT2D eigenvalue weighted by atomic mass is 19.3. The maximum atomic E-state index is 13.0. The van der Waals surface area contributed by atoms with Crippen LogP contribution in [0.1, 0.15) is 32.5 Å². The van der Waals surface area contributed by atoms with Crippen LogP contribution in [-0.2, 0) is 11.3 Å². The number of H-pyrrole nitrogens is 1. The molecule has 3 N–H and O–H groups in total. The van der Waals surface area contributed by atoms with Gasteiger partial charge >= 0.3 is 0 Å². The summed E-state index contributed by atoms with van der Waals surface area (Å²) >= 11 is 0. The van der Waals surface area contributed by atoms with Gasteiger partial charge in [-0.15, -0.1) is 0 Å². The van der Waals surface area contributed by atoms with Crippen molar-refractivity contribution in [3.8, 4) is 11.3 Å². The number of imidazole rings is 1. The number of alkyl halides is 2. The van der Waals surface area contributed by atoms with Crippen molar-refractivity contribution in [2.75, 3.05) is 5.32 Å². The first-order chi connectivity index (χ1) is 15.7. The number of aryl methyl sites for hydroxylation is 1. The van der Waals surface area contributed by atoms with Gasteiger partial charge in [0.15, 0.2) is 11.3 Å². The van der Waals surface area contributed by atoms with Crippen LogP contribution in [0.2, 0.25) is 0 Å². The van der Waals surface area contributed by atoms with Gasteiger partial charge in [-0.1, -0.05) is 0 Å². The molecule has 0 atom stereocenters. The largest absolute Gasteiger partial charge is 0.351 e. The van der Waals surface area contributed by atoms with Crippen LogP contribution in [0.4, 0.5) is 14.7 Å². The van der Waals surface area contributed by atoms with Crippen molar-refractivity contribution in [1.29, 1.82) is 0 Å². The topological polar surface area (TPSA) is 126 Å². The van der Waals surface area contributed by atoms with Gasteiger partial charge in [0, 0.05) is 41.8 Å². The Morgan fingerprint density at radius 3 is 2.79 bits per heavy atom. The summed E-state index contributed by atoms with van der Waals surface area (Å²) < 4.78 is 27.4. The van der Waals surface area contributed by atoms with E-state index in [4.69, 9.17) is 0 Å². The molecule has 5 rings (SSSR count). The number of carbonyl (C=O) groups is 1. The number of carbonyl (C=O) groups excluding carboxylic acids is 1. The SMILES string of the molecule is CC(=O)N[C@]1(C)C[C@H](Nc2ncc3c(-c4cnc5nc(C)n(CC(F)F)c5n4)c[nH]c3n2)C1. The van der Waals surface area contributed by atoms with Crippen LogP contribution in [0.5, 0.6) is 0 Å². The summed E-state index contributed by atoms with van der Waals surface area (Å²) in [4.78, 5) is 36.5. The molecule has 12 heteroatoms. The minimum Gasteiger partial charge on any atom is -0.351 e. The van der Waals surface area contributed by atoms with Crippen molar-refractivity contribution in [2.45, 2.75) is 58.2 Å². The summed E-state index contributed by atoms with van der Waals surface area (Å²) in [5.41, 5.74) is 2.27. The van der Waals surface area contributed by atoms with Gasteiger partial charge in [-0.3, -0.25) is 4.79 Å². The zero-order chi connectivity index (χ0) is 23.3. The Bertz CT molecular complexity index is 1360. The quantitative estimate of drug-likeness (QED) is 0.408. The lowest BCUT2D eigenvalue weighted by molar-refractivity contribution is -0.121. The number of amides is 1. The molecule has 4 heterocycles. The number of aromatic nitrogens is 7. The van der Waals surface area contributed by atoms with E-state index in [0.717, 1.165) is 23.8 Å². The molecule has 1 saturated carbocycles. The molecule has 0 unspecified atom stereocenters. The van der Waals surface area contributed by atoms with E-state index in [1.54, 1.807) is 25.5 Å². The van der Waals surface area contributed by atoms with Crippen LogP contribution in [0.3, 0.4) is 0 Å². The van der Waals surface area contributed by atoms with Crippen molar-refractivity contribution >= 4 is 34.2 Å². The number of hydrogen-bond donors (Lipinski definition) is 3. The predicted octanol–water partition coefficient (Wildman–Crippen LogP) is 2.81. The van der Waals surface area contributed by atoms with Gasteiger partial charge in [0.25, 0.3) is 6.43 Å². The third kappa shape index (κ3) is 3.96. The van der Waals surface area contributed by atoms with E-state index in [2.05, 4.69) is 40.5 Å². The van der Waals surface area contributed by atoms with Crippen molar-refractivity contribution in [3.05, 3.63) is 24.4 Å². The molecule has 1 aliphatic carbocycles. The number of fused-ring (bicyclic) bond motifs is 2. The molecule has 4 aromatic rings. The van der Waals surface area contributed by atoms with Crippen LogP contribution in [0, 0.1) is 6.92 Å². The second-order valence-electron chi connectivity index (χ2n) is 8.71. The summed E-state index contributed by atoms with van der Waals surface area (Å²) in [7, 11) is 0. The van der Waals surface area contributed by atoms with Crippen molar-refractivity contribution in [2.24, 2.45) is 0 Å². The summed E-state index contributed by atoms with van der Waals surface area (Å²) in [5, 5.41) is 7.00. The number of hydrogen-bond acceptors (Lipinski definition) is 7. The number of rotatable bonds is 6. The molecule has 4 aromatic heterocycles. The molecule has 172 valence electrons. The van der Waals surface area contributed by atoms with Crippen LogP contribution < -0.4 is 10.6 Å². The molecule has 0 bridgehead atoms. The van der Waals surface area contributed by atoms with E-state index >= 15 is 0 Å². The first kappa shape index (κ1) is 21.2. The van der Waals surface area contributed by atoms with Crippen molar-refractivity contribution < 1.29 is 13.6 Å². The fraction of sp³-hybridized carbons (Fsp3) is 0.429. The van der Waals surface area contributed by atoms with Gasteiger partial charge in [0.2, 0.25) is 11.9 Å². The van der Waals surface area contributed by atoms with Crippen LogP contribution in [0.25, 0.3) is 33.6 Å². The highest BCUT2D eigenvalue weighted by molar-refractivity contribution is 5.93. The van der Waals surface area contributed by atoms with E-state index in [-0.39, 0.29) is 17.5 Å². The lowest BCUT2D eigenvalue weighted by Gasteiger charge is -2.45. The van der Waals surface area contributed by atoms with Crippen molar-refractivity contribution in [1.82, 2.24) is 39.8 Å². The second kappa shape index (κ2) is 7.71. The minimum absolute atomic E-state index is 0.0405. The van der Waals surface area contributed by atoms with E-state index in [1.807, 2.05) is 6.92 Å². The van der Waals surface area contributed by atoms with Gasteiger partial charge in [0.1, 0.15) is 11.5 Å². The molecular formula is C21H23F2N9O. The third-order valence-corrected chi connectivity index (χ3v) is 5.88. The zero-order valence-corrected chi connectivity index (χ0v) is 18.4. The summed E-state index contributed by atoms with van der Waals surface area (Å²) in [6.07, 6.45) is 4.04. The number of halogens is 2. The molecule has 0 aliphatic heterocycles. The van der Waals surface area contributed by atoms with Gasteiger partial charge in [-0.05, 0) is 26.7 Å². The summed E-state index contributed by atoms with van der Waals surface area (Å²) in [6.45, 7) is 4.69. The molecule has 0 aromatic carbocycles. The number of anilines is 1. The van der Waals surface area contributed by atoms with Crippen LogP contribution in [0.15, 0.2) is 18.6 Å². The summed E-state index contributed by atoms with van der Waals surface area (Å²) in [6, 6.07) is 0.167. The standard InChI is InChI=1S/C21H23F2N9O/c1-10-27-18-19(32(10)9-16(22)23)29-15(8-25-18)13-6-24-17-14(13)7-26-20(30-17)28-12-4-21(3,5-12)31-11(2)33/h6-8,12,16H,4-5,9H2,1-3H3,(H,31,33)(H2,24,26,28,30)/t12-,21+. The van der Waals surface area contributed by atoms with Gasteiger partial charge in [-0.25, -0.2) is 28.7 Å². The fourth-order valence-corrected chi connectivity index (χ4v) is 4.51. The predicted molar refractivity (Wildman–Crippen MR) is 118 cm³/mol. The number of nitrogens with zero attached hydrogens (tertiary/aromatic N) is 6. The smallest absolute Gasteiger partial charge is 0.256 e. The maximum absolute atomic E-state index is 13.0. The Morgan fingerprint density at radius 1 is 1.27 bits per heavy atom. The van der Waals surface area contributed by atoms with Gasteiger partial charge < -0.3 is 20.2 Å². The van der Waals surface area contributed by atoms with Gasteiger partial charge in [0.05, 0.1) is 18.4 Å². The Hall–Kier alpha value is -3.70.